The summed E-state index contributed by atoms with van der Waals surface area (Å²) in [7, 11) is -0.778. The van der Waals surface area contributed by atoms with Crippen molar-refractivity contribution in [3.8, 4) is 0 Å². The number of rotatable bonds is 6. The predicted molar refractivity (Wildman–Crippen MR) is 78.9 cm³/mol. The van der Waals surface area contributed by atoms with E-state index in [4.69, 9.17) is 0 Å². The minimum Gasteiger partial charge on any atom is -0.310 e. The number of nitrogens with one attached hydrogen (secondary N) is 2. The average Bonchev–Trinajstić information content (AvgIpc) is 2.24. The van der Waals surface area contributed by atoms with Gasteiger partial charge in [0, 0.05) is 40.6 Å². The zero-order valence-electron chi connectivity index (χ0n) is 12.2. The molecule has 1 aromatic rings. The van der Waals surface area contributed by atoms with Crippen LogP contribution < -0.4 is 10.9 Å². The van der Waals surface area contributed by atoms with Crippen LogP contribution in [0.15, 0.2) is 4.79 Å². The number of aromatic nitrogens is 2. The fourth-order valence-corrected chi connectivity index (χ4v) is 2.87. The van der Waals surface area contributed by atoms with Gasteiger partial charge in [-0.25, -0.2) is 4.98 Å². The summed E-state index contributed by atoms with van der Waals surface area (Å²) in [5.41, 5.74) is 1.35. The van der Waals surface area contributed by atoms with E-state index in [0.29, 0.717) is 17.1 Å². The van der Waals surface area contributed by atoms with Crippen LogP contribution in [0, 0.1) is 13.8 Å². The Balaban J connectivity index is 2.76. The van der Waals surface area contributed by atoms with Gasteiger partial charge in [-0.3, -0.25) is 9.00 Å². The van der Waals surface area contributed by atoms with Crippen LogP contribution >= 0.6 is 0 Å². The SMILES string of the molecule is Cc1nc(C)c(C(C)NC(C)CCS(C)=O)c(=O)[nH]1. The van der Waals surface area contributed by atoms with Crippen LogP contribution in [-0.4, -0.2) is 32.2 Å². The number of hydrogen-bond donors (Lipinski definition) is 2. The third kappa shape index (κ3) is 4.87. The molecule has 0 saturated heterocycles. The van der Waals surface area contributed by atoms with E-state index in [1.807, 2.05) is 20.8 Å². The van der Waals surface area contributed by atoms with Crippen molar-refractivity contribution in [2.75, 3.05) is 12.0 Å². The van der Waals surface area contributed by atoms with Crippen molar-refractivity contribution in [1.82, 2.24) is 15.3 Å². The molecule has 3 unspecified atom stereocenters. The number of aromatic amines is 1. The van der Waals surface area contributed by atoms with Gasteiger partial charge in [-0.2, -0.15) is 0 Å². The normalized spacial score (nSPS) is 16.1. The maximum atomic E-state index is 12.0. The fraction of sp³-hybridized carbons (Fsp3) is 0.692. The summed E-state index contributed by atoms with van der Waals surface area (Å²) >= 11 is 0. The molecule has 1 rings (SSSR count). The molecule has 0 aliphatic rings. The molecule has 0 aliphatic heterocycles. The van der Waals surface area contributed by atoms with Crippen LogP contribution in [0.1, 0.15) is 43.4 Å². The van der Waals surface area contributed by atoms with Crippen LogP contribution in [0.3, 0.4) is 0 Å². The van der Waals surface area contributed by atoms with Crippen LogP contribution in [0.2, 0.25) is 0 Å². The second-order valence-corrected chi connectivity index (χ2v) is 6.56. The zero-order chi connectivity index (χ0) is 14.6. The van der Waals surface area contributed by atoms with Gasteiger partial charge in [0.25, 0.3) is 5.56 Å². The number of aryl methyl sites for hydroxylation is 2. The molecule has 3 atom stereocenters. The van der Waals surface area contributed by atoms with Gasteiger partial charge in [0.05, 0.1) is 5.56 Å². The van der Waals surface area contributed by atoms with E-state index < -0.39 is 10.8 Å². The number of hydrogen-bond acceptors (Lipinski definition) is 4. The van der Waals surface area contributed by atoms with E-state index >= 15 is 0 Å². The Bertz CT molecular complexity index is 513. The van der Waals surface area contributed by atoms with Crippen LogP contribution in [0.5, 0.6) is 0 Å². The maximum absolute atomic E-state index is 12.0. The standard InChI is InChI=1S/C13H23N3O2S/c1-8(6-7-19(5)18)14-9(2)12-10(3)15-11(4)16-13(12)17/h8-9,14H,6-7H2,1-5H3,(H,15,16,17). The smallest absolute Gasteiger partial charge is 0.255 e. The molecule has 2 N–H and O–H groups in total. The summed E-state index contributed by atoms with van der Waals surface area (Å²) in [5, 5.41) is 3.36. The fourth-order valence-electron chi connectivity index (χ4n) is 2.18. The maximum Gasteiger partial charge on any atom is 0.255 e. The zero-order valence-corrected chi connectivity index (χ0v) is 13.1. The van der Waals surface area contributed by atoms with E-state index in [2.05, 4.69) is 15.3 Å². The van der Waals surface area contributed by atoms with Gasteiger partial charge < -0.3 is 10.3 Å². The Morgan fingerprint density at radius 2 is 2.00 bits per heavy atom. The third-order valence-electron chi connectivity index (χ3n) is 3.07. The Labute approximate surface area is 116 Å². The molecule has 0 fully saturated rings. The summed E-state index contributed by atoms with van der Waals surface area (Å²) in [4.78, 5) is 19.0. The molecule has 0 amide bonds. The summed E-state index contributed by atoms with van der Waals surface area (Å²) in [6.07, 6.45) is 2.53. The highest BCUT2D eigenvalue weighted by Gasteiger charge is 2.16. The van der Waals surface area contributed by atoms with E-state index in [9.17, 15) is 9.00 Å². The van der Waals surface area contributed by atoms with Crippen LogP contribution in [0.4, 0.5) is 0 Å². The van der Waals surface area contributed by atoms with E-state index in [-0.39, 0.29) is 17.6 Å². The van der Waals surface area contributed by atoms with E-state index in [0.717, 1.165) is 12.1 Å². The van der Waals surface area contributed by atoms with E-state index in [1.54, 1.807) is 13.2 Å². The molecule has 108 valence electrons. The van der Waals surface area contributed by atoms with Gasteiger partial charge in [0.15, 0.2) is 0 Å². The third-order valence-corrected chi connectivity index (χ3v) is 3.88. The number of H-pyrrole nitrogens is 1. The van der Waals surface area contributed by atoms with Gasteiger partial charge in [0.2, 0.25) is 0 Å². The van der Waals surface area contributed by atoms with Gasteiger partial charge in [-0.1, -0.05) is 0 Å². The van der Waals surface area contributed by atoms with Crippen molar-refractivity contribution in [2.45, 2.75) is 46.2 Å². The topological polar surface area (TPSA) is 74.8 Å². The van der Waals surface area contributed by atoms with Gasteiger partial charge >= 0.3 is 0 Å². The van der Waals surface area contributed by atoms with Crippen molar-refractivity contribution in [1.29, 1.82) is 0 Å². The predicted octanol–water partition coefficient (Wildman–Crippen LogP) is 1.19. The lowest BCUT2D eigenvalue weighted by Crippen LogP contribution is -2.34. The van der Waals surface area contributed by atoms with Gasteiger partial charge in [-0.05, 0) is 34.1 Å². The minimum atomic E-state index is -0.778. The van der Waals surface area contributed by atoms with Crippen molar-refractivity contribution in [3.63, 3.8) is 0 Å². The van der Waals surface area contributed by atoms with Crippen molar-refractivity contribution < 1.29 is 4.21 Å². The largest absolute Gasteiger partial charge is 0.310 e. The highest BCUT2D eigenvalue weighted by Crippen LogP contribution is 2.12. The van der Waals surface area contributed by atoms with Crippen molar-refractivity contribution in [3.05, 3.63) is 27.4 Å². The molecule has 19 heavy (non-hydrogen) atoms. The molecule has 0 spiro atoms. The Kier molecular flexibility index (Phi) is 5.87. The summed E-state index contributed by atoms with van der Waals surface area (Å²) in [5.74, 6) is 1.30. The first-order valence-corrected chi connectivity index (χ1v) is 8.17. The molecule has 0 radical (unpaired) electrons. The molecule has 6 heteroatoms. The summed E-state index contributed by atoms with van der Waals surface area (Å²) in [6.45, 7) is 7.61. The molecule has 0 aliphatic carbocycles. The Morgan fingerprint density at radius 1 is 1.37 bits per heavy atom. The second-order valence-electron chi connectivity index (χ2n) is 5.01. The molecule has 1 heterocycles. The first kappa shape index (κ1) is 16.0. The van der Waals surface area contributed by atoms with Crippen molar-refractivity contribution >= 4 is 10.8 Å². The molecule has 0 saturated carbocycles. The summed E-state index contributed by atoms with van der Waals surface area (Å²) in [6, 6.07) is 0.135. The first-order valence-electron chi connectivity index (χ1n) is 6.44. The number of nitrogens with zero attached hydrogens (tertiary/aromatic N) is 1. The monoisotopic (exact) mass is 285 g/mol. The second kappa shape index (κ2) is 6.96. The minimum absolute atomic E-state index is 0.0721. The molecular formula is C13H23N3O2S. The molecule has 5 nitrogen and oxygen atoms in total. The summed E-state index contributed by atoms with van der Waals surface area (Å²) < 4.78 is 11.1. The Hall–Kier alpha value is -1.01. The lowest BCUT2D eigenvalue weighted by Gasteiger charge is -2.20. The average molecular weight is 285 g/mol. The van der Waals surface area contributed by atoms with Gasteiger partial charge in [0.1, 0.15) is 5.82 Å². The highest BCUT2D eigenvalue weighted by atomic mass is 32.2. The van der Waals surface area contributed by atoms with Gasteiger partial charge in [-0.15, -0.1) is 0 Å². The molecule has 0 bridgehead atoms. The quantitative estimate of drug-likeness (QED) is 0.823. The van der Waals surface area contributed by atoms with Crippen LogP contribution in [0.25, 0.3) is 0 Å². The Morgan fingerprint density at radius 3 is 2.53 bits per heavy atom. The van der Waals surface area contributed by atoms with Crippen molar-refractivity contribution in [2.24, 2.45) is 0 Å². The van der Waals surface area contributed by atoms with E-state index in [1.165, 1.54) is 0 Å². The molecule has 0 aromatic carbocycles. The highest BCUT2D eigenvalue weighted by molar-refractivity contribution is 7.84. The lowest BCUT2D eigenvalue weighted by molar-refractivity contribution is 0.465. The lowest BCUT2D eigenvalue weighted by atomic mass is 10.1. The first-order chi connectivity index (χ1) is 8.81. The molecule has 1 aromatic heterocycles. The molecular weight excluding hydrogens is 262 g/mol. The van der Waals surface area contributed by atoms with Crippen LogP contribution in [-0.2, 0) is 10.8 Å².